The van der Waals surface area contributed by atoms with E-state index >= 15 is 0 Å². The topological polar surface area (TPSA) is 78.4 Å². The zero-order valence-electron chi connectivity index (χ0n) is 10.2. The summed E-state index contributed by atoms with van der Waals surface area (Å²) in [6.45, 7) is 0.292. The van der Waals surface area contributed by atoms with Crippen LogP contribution >= 0.6 is 11.3 Å². The largest absolute Gasteiger partial charge is 0.478 e. The average Bonchev–Trinajstić information content (AvgIpc) is 2.91. The number of carboxylic acids is 1. The van der Waals surface area contributed by atoms with Crippen molar-refractivity contribution in [2.45, 2.75) is 6.54 Å². The Morgan fingerprint density at radius 1 is 1.25 bits per heavy atom. The van der Waals surface area contributed by atoms with Crippen molar-refractivity contribution in [3.05, 3.63) is 52.0 Å². The number of thiophene rings is 1. The van der Waals surface area contributed by atoms with Gasteiger partial charge in [0.05, 0.1) is 17.8 Å². The number of rotatable bonds is 4. The van der Waals surface area contributed by atoms with Gasteiger partial charge in [-0.25, -0.2) is 14.0 Å². The molecule has 0 aliphatic rings. The van der Waals surface area contributed by atoms with Crippen LogP contribution in [-0.4, -0.2) is 17.1 Å². The summed E-state index contributed by atoms with van der Waals surface area (Å²) in [5, 5.41) is 15.6. The second-order valence-corrected chi connectivity index (χ2v) is 4.89. The van der Waals surface area contributed by atoms with Gasteiger partial charge in [-0.3, -0.25) is 0 Å². The molecule has 0 spiro atoms. The lowest BCUT2D eigenvalue weighted by molar-refractivity contribution is 0.0697. The number of halogens is 1. The highest BCUT2D eigenvalue weighted by atomic mass is 32.1. The molecule has 2 rings (SSSR count). The normalized spacial score (nSPS) is 10.1. The van der Waals surface area contributed by atoms with Gasteiger partial charge in [0.15, 0.2) is 0 Å². The monoisotopic (exact) mass is 294 g/mol. The first-order valence-electron chi connectivity index (χ1n) is 5.67. The van der Waals surface area contributed by atoms with E-state index in [0.29, 0.717) is 6.54 Å². The Balaban J connectivity index is 2.06. The Bertz CT molecular complexity index is 629. The van der Waals surface area contributed by atoms with Gasteiger partial charge in [-0.2, -0.15) is 0 Å². The minimum atomic E-state index is -1.31. The fourth-order valence-corrected chi connectivity index (χ4v) is 2.21. The van der Waals surface area contributed by atoms with Crippen molar-refractivity contribution in [2.75, 3.05) is 5.32 Å². The van der Waals surface area contributed by atoms with E-state index < -0.39 is 17.8 Å². The summed E-state index contributed by atoms with van der Waals surface area (Å²) in [5.41, 5.74) is -0.639. The zero-order valence-corrected chi connectivity index (χ0v) is 11.0. The predicted octanol–water partition coefficient (Wildman–Crippen LogP) is 2.91. The SMILES string of the molecule is O=C(NCc1cccs1)Nc1c(F)cccc1C(=O)O. The second-order valence-electron chi connectivity index (χ2n) is 3.85. The van der Waals surface area contributed by atoms with Gasteiger partial charge in [0, 0.05) is 4.88 Å². The Kier molecular flexibility index (Phi) is 4.31. The van der Waals surface area contributed by atoms with Crippen LogP contribution in [0.5, 0.6) is 0 Å². The number of para-hydroxylation sites is 1. The van der Waals surface area contributed by atoms with Crippen LogP contribution < -0.4 is 10.6 Å². The molecular weight excluding hydrogens is 283 g/mol. The summed E-state index contributed by atoms with van der Waals surface area (Å²) < 4.78 is 13.6. The Morgan fingerprint density at radius 2 is 2.05 bits per heavy atom. The molecule has 0 aliphatic heterocycles. The highest BCUT2D eigenvalue weighted by Crippen LogP contribution is 2.19. The van der Waals surface area contributed by atoms with E-state index in [1.54, 1.807) is 0 Å². The maximum Gasteiger partial charge on any atom is 0.337 e. The number of urea groups is 1. The molecule has 3 N–H and O–H groups in total. The van der Waals surface area contributed by atoms with Crippen molar-refractivity contribution in [3.8, 4) is 0 Å². The lowest BCUT2D eigenvalue weighted by Crippen LogP contribution is -2.29. The average molecular weight is 294 g/mol. The van der Waals surface area contributed by atoms with Crippen LogP contribution in [0.2, 0.25) is 0 Å². The third-order valence-corrected chi connectivity index (χ3v) is 3.36. The van der Waals surface area contributed by atoms with Crippen molar-refractivity contribution in [1.29, 1.82) is 0 Å². The van der Waals surface area contributed by atoms with E-state index in [-0.39, 0.29) is 11.3 Å². The van der Waals surface area contributed by atoms with Crippen molar-refractivity contribution in [1.82, 2.24) is 5.32 Å². The molecule has 0 aliphatic carbocycles. The van der Waals surface area contributed by atoms with Crippen LogP contribution in [0.15, 0.2) is 35.7 Å². The van der Waals surface area contributed by atoms with Gasteiger partial charge in [0.1, 0.15) is 5.82 Å². The number of carbonyl (C=O) groups is 2. The Hall–Kier alpha value is -2.41. The van der Waals surface area contributed by atoms with Gasteiger partial charge in [0.2, 0.25) is 0 Å². The van der Waals surface area contributed by atoms with Crippen molar-refractivity contribution in [2.24, 2.45) is 0 Å². The molecule has 0 saturated carbocycles. The van der Waals surface area contributed by atoms with Crippen LogP contribution in [0.1, 0.15) is 15.2 Å². The smallest absolute Gasteiger partial charge is 0.337 e. The second kappa shape index (κ2) is 6.16. The van der Waals surface area contributed by atoms with Gasteiger partial charge in [-0.05, 0) is 23.6 Å². The minimum Gasteiger partial charge on any atom is -0.478 e. The number of hydrogen-bond acceptors (Lipinski definition) is 3. The third-order valence-electron chi connectivity index (χ3n) is 2.49. The molecular formula is C13H11FN2O3S. The molecule has 1 heterocycles. The fraction of sp³-hybridized carbons (Fsp3) is 0.0769. The highest BCUT2D eigenvalue weighted by Gasteiger charge is 2.16. The van der Waals surface area contributed by atoms with Crippen molar-refractivity contribution in [3.63, 3.8) is 0 Å². The number of carbonyl (C=O) groups excluding carboxylic acids is 1. The first-order chi connectivity index (χ1) is 9.58. The lowest BCUT2D eigenvalue weighted by Gasteiger charge is -2.10. The van der Waals surface area contributed by atoms with E-state index in [4.69, 9.17) is 5.11 Å². The molecule has 2 amide bonds. The van der Waals surface area contributed by atoms with Crippen LogP contribution in [0, 0.1) is 5.82 Å². The molecule has 20 heavy (non-hydrogen) atoms. The molecule has 104 valence electrons. The fourth-order valence-electron chi connectivity index (χ4n) is 1.57. The molecule has 1 aromatic carbocycles. The molecule has 0 bridgehead atoms. The summed E-state index contributed by atoms with van der Waals surface area (Å²) in [5.74, 6) is -2.10. The molecule has 0 fully saturated rings. The van der Waals surface area contributed by atoms with E-state index in [1.807, 2.05) is 17.5 Å². The molecule has 0 atom stereocenters. The van der Waals surface area contributed by atoms with Gasteiger partial charge >= 0.3 is 12.0 Å². The molecule has 0 radical (unpaired) electrons. The number of aromatic carboxylic acids is 1. The Morgan fingerprint density at radius 3 is 2.70 bits per heavy atom. The van der Waals surface area contributed by atoms with Crippen LogP contribution in [0.25, 0.3) is 0 Å². The first-order valence-corrected chi connectivity index (χ1v) is 6.55. The maximum atomic E-state index is 13.6. The summed E-state index contributed by atoms with van der Waals surface area (Å²) in [6, 6.07) is 6.61. The van der Waals surface area contributed by atoms with E-state index in [1.165, 1.54) is 23.5 Å². The number of nitrogens with one attached hydrogen (secondary N) is 2. The lowest BCUT2D eigenvalue weighted by atomic mass is 10.1. The summed E-state index contributed by atoms with van der Waals surface area (Å²) in [6.07, 6.45) is 0. The first kappa shape index (κ1) is 14.0. The maximum absolute atomic E-state index is 13.6. The molecule has 7 heteroatoms. The van der Waals surface area contributed by atoms with Gasteiger partial charge in [-0.15, -0.1) is 11.3 Å². The molecule has 0 unspecified atom stereocenters. The van der Waals surface area contributed by atoms with Crippen LogP contribution in [-0.2, 0) is 6.54 Å². The summed E-state index contributed by atoms with van der Waals surface area (Å²) in [4.78, 5) is 23.6. The van der Waals surface area contributed by atoms with E-state index in [0.717, 1.165) is 10.9 Å². The minimum absolute atomic E-state index is 0.292. The quantitative estimate of drug-likeness (QED) is 0.811. The van der Waals surface area contributed by atoms with Crippen LogP contribution in [0.3, 0.4) is 0 Å². The predicted molar refractivity (Wildman–Crippen MR) is 73.5 cm³/mol. The molecule has 0 saturated heterocycles. The third kappa shape index (κ3) is 3.33. The number of hydrogen-bond donors (Lipinski definition) is 3. The highest BCUT2D eigenvalue weighted by molar-refractivity contribution is 7.09. The van der Waals surface area contributed by atoms with Gasteiger partial charge < -0.3 is 15.7 Å². The summed E-state index contributed by atoms with van der Waals surface area (Å²) >= 11 is 1.47. The van der Waals surface area contributed by atoms with E-state index in [9.17, 15) is 14.0 Å². The number of anilines is 1. The van der Waals surface area contributed by atoms with Crippen molar-refractivity contribution >= 4 is 29.0 Å². The standard InChI is InChI=1S/C13H11FN2O3S/c14-10-5-1-4-9(12(17)18)11(10)16-13(19)15-7-8-3-2-6-20-8/h1-6H,7H2,(H,17,18)(H2,15,16,19). The number of benzene rings is 1. The zero-order chi connectivity index (χ0) is 14.5. The van der Waals surface area contributed by atoms with Crippen molar-refractivity contribution < 1.29 is 19.1 Å². The molecule has 1 aromatic heterocycles. The number of carboxylic acid groups (broad SMARTS) is 1. The Labute approximate surface area is 118 Å². The van der Waals surface area contributed by atoms with Gasteiger partial charge in [-0.1, -0.05) is 12.1 Å². The van der Waals surface area contributed by atoms with Crippen LogP contribution in [0.4, 0.5) is 14.9 Å². The molecule has 2 aromatic rings. The summed E-state index contributed by atoms with van der Waals surface area (Å²) in [7, 11) is 0. The van der Waals surface area contributed by atoms with E-state index in [2.05, 4.69) is 10.6 Å². The number of amides is 2. The molecule has 5 nitrogen and oxygen atoms in total. The van der Waals surface area contributed by atoms with Gasteiger partial charge in [0.25, 0.3) is 0 Å².